The molecule has 0 aliphatic heterocycles. The van der Waals surface area contributed by atoms with Crippen LogP contribution in [0.5, 0.6) is 17.2 Å². The van der Waals surface area contributed by atoms with Crippen molar-refractivity contribution in [2.24, 2.45) is 0 Å². The lowest BCUT2D eigenvalue weighted by molar-refractivity contribution is 0.272. The Morgan fingerprint density at radius 2 is 1.33 bits per heavy atom. The Balaban J connectivity index is 3.60. The highest BCUT2D eigenvalue weighted by Gasteiger charge is 2.34. The maximum atomic E-state index is 6.51. The lowest BCUT2D eigenvalue weighted by Gasteiger charge is -2.33. The average Bonchev–Trinajstić information content (AvgIpc) is 2.63. The molecule has 2 radical (unpaired) electrons. The highest BCUT2D eigenvalue weighted by atomic mass is 32.1. The predicted molar refractivity (Wildman–Crippen MR) is 134 cm³/mol. The predicted octanol–water partition coefficient (Wildman–Crippen LogP) is 7.38. The van der Waals surface area contributed by atoms with Crippen LogP contribution in [-0.4, -0.2) is 28.7 Å². The van der Waals surface area contributed by atoms with Gasteiger partial charge in [0.25, 0.3) is 0 Å². The van der Waals surface area contributed by atoms with Crippen LogP contribution in [0.3, 0.4) is 0 Å². The molecule has 5 heteroatoms. The summed E-state index contributed by atoms with van der Waals surface area (Å²) in [6, 6.07) is 3.14. The Bertz CT molecular complexity index is 633. The van der Waals surface area contributed by atoms with Crippen molar-refractivity contribution < 1.29 is 13.9 Å². The van der Waals surface area contributed by atoms with Crippen LogP contribution in [0.2, 0.25) is 6.04 Å². The van der Waals surface area contributed by atoms with Gasteiger partial charge in [0.1, 0.15) is 17.2 Å². The minimum absolute atomic E-state index is 0.101. The Morgan fingerprint density at radius 1 is 0.800 bits per heavy atom. The Morgan fingerprint density at radius 3 is 1.83 bits per heavy atom. The van der Waals surface area contributed by atoms with Crippen molar-refractivity contribution in [3.05, 3.63) is 17.2 Å². The summed E-state index contributed by atoms with van der Waals surface area (Å²) < 4.78 is 19.2. The van der Waals surface area contributed by atoms with Crippen molar-refractivity contribution in [1.82, 2.24) is 0 Å². The van der Waals surface area contributed by atoms with Crippen LogP contribution in [0.4, 0.5) is 0 Å². The van der Waals surface area contributed by atoms with Gasteiger partial charge in [0.2, 0.25) is 0 Å². The van der Waals surface area contributed by atoms with Crippen molar-refractivity contribution in [3.63, 3.8) is 0 Å². The summed E-state index contributed by atoms with van der Waals surface area (Å²) in [6.07, 6.45) is 5.35. The molecule has 0 fully saturated rings. The second-order valence-corrected chi connectivity index (χ2v) is 11.4. The van der Waals surface area contributed by atoms with Crippen molar-refractivity contribution >= 4 is 22.4 Å². The van der Waals surface area contributed by atoms with Gasteiger partial charge in [-0.25, -0.2) is 0 Å². The van der Waals surface area contributed by atoms with E-state index in [0.717, 1.165) is 72.3 Å². The average molecular weight is 453 g/mol. The van der Waals surface area contributed by atoms with Crippen molar-refractivity contribution in [3.8, 4) is 17.2 Å². The maximum absolute atomic E-state index is 6.51. The molecule has 172 valence electrons. The Labute approximate surface area is 194 Å². The molecule has 0 aliphatic rings. The largest absolute Gasteiger partial charge is 0.540 e. The van der Waals surface area contributed by atoms with Crippen molar-refractivity contribution in [2.45, 2.75) is 104 Å². The number of benzene rings is 1. The number of hydrogen-bond acceptors (Lipinski definition) is 4. The molecule has 0 bridgehead atoms. The minimum atomic E-state index is -0.104. The molecule has 30 heavy (non-hydrogen) atoms. The van der Waals surface area contributed by atoms with Gasteiger partial charge < -0.3 is 13.9 Å². The lowest BCUT2D eigenvalue weighted by Crippen LogP contribution is -2.23. The zero-order valence-corrected chi connectivity index (χ0v) is 22.5. The molecule has 0 saturated carbocycles. The third-order valence-corrected chi connectivity index (χ3v) is 6.07. The molecule has 0 amide bonds. The van der Waals surface area contributed by atoms with E-state index in [0.29, 0.717) is 23.0 Å². The second kappa shape index (κ2) is 12.9. The van der Waals surface area contributed by atoms with Crippen LogP contribution in [0.25, 0.3) is 0 Å². The van der Waals surface area contributed by atoms with Crippen LogP contribution < -0.4 is 13.9 Å². The fraction of sp³-hybridized carbons (Fsp3) is 0.760. The summed E-state index contributed by atoms with van der Waals surface area (Å²) in [5, 5.41) is 0. The summed E-state index contributed by atoms with van der Waals surface area (Å²) in [4.78, 5) is 0. The number of hydrogen-bond donors (Lipinski definition) is 1. The monoisotopic (exact) mass is 452 g/mol. The molecular weight excluding hydrogens is 408 g/mol. The van der Waals surface area contributed by atoms with E-state index in [9.17, 15) is 0 Å². The highest BCUT2D eigenvalue weighted by molar-refractivity contribution is 7.80. The standard InChI is InChI=1S/C25H44O3SSi/c1-9-11-14-26-19-18-20(28-30-17-13-16-29)22(25(6,7)8)23(27-15-12-10-2)21(19)24(3,4)5/h18,29H,9-17H2,1-8H3. The van der Waals surface area contributed by atoms with E-state index >= 15 is 0 Å². The van der Waals surface area contributed by atoms with Gasteiger partial charge in [-0.2, -0.15) is 12.6 Å². The number of unbranched alkanes of at least 4 members (excludes halogenated alkanes) is 2. The second-order valence-electron chi connectivity index (χ2n) is 9.93. The van der Waals surface area contributed by atoms with Crippen LogP contribution >= 0.6 is 12.6 Å². The molecule has 0 N–H and O–H groups in total. The number of ether oxygens (including phenoxy) is 2. The van der Waals surface area contributed by atoms with E-state index in [4.69, 9.17) is 13.9 Å². The van der Waals surface area contributed by atoms with E-state index in [1.54, 1.807) is 0 Å². The smallest absolute Gasteiger partial charge is 0.310 e. The quantitative estimate of drug-likeness (QED) is 0.192. The van der Waals surface area contributed by atoms with Gasteiger partial charge in [-0.15, -0.1) is 0 Å². The van der Waals surface area contributed by atoms with Gasteiger partial charge in [0, 0.05) is 17.2 Å². The number of thiol groups is 1. The minimum Gasteiger partial charge on any atom is -0.540 e. The van der Waals surface area contributed by atoms with E-state index in [2.05, 4.69) is 74.1 Å². The van der Waals surface area contributed by atoms with Crippen molar-refractivity contribution in [2.75, 3.05) is 19.0 Å². The van der Waals surface area contributed by atoms with E-state index in [1.807, 2.05) is 0 Å². The molecule has 0 heterocycles. The summed E-state index contributed by atoms with van der Waals surface area (Å²) in [5.41, 5.74) is 2.11. The fourth-order valence-electron chi connectivity index (χ4n) is 3.30. The van der Waals surface area contributed by atoms with Gasteiger partial charge in [-0.3, -0.25) is 0 Å². The molecule has 1 aromatic carbocycles. The summed E-state index contributed by atoms with van der Waals surface area (Å²) >= 11 is 4.33. The van der Waals surface area contributed by atoms with E-state index in [1.165, 1.54) is 0 Å². The topological polar surface area (TPSA) is 27.7 Å². The van der Waals surface area contributed by atoms with Gasteiger partial charge >= 0.3 is 9.76 Å². The molecule has 0 spiro atoms. The van der Waals surface area contributed by atoms with Crippen LogP contribution in [0.1, 0.15) is 98.6 Å². The van der Waals surface area contributed by atoms with E-state index < -0.39 is 0 Å². The first-order valence-corrected chi connectivity index (χ1v) is 13.3. The van der Waals surface area contributed by atoms with Crippen LogP contribution in [0, 0.1) is 0 Å². The summed E-state index contributed by atoms with van der Waals surface area (Å²) in [5.74, 6) is 3.67. The summed E-state index contributed by atoms with van der Waals surface area (Å²) in [6.45, 7) is 19.2. The SMILES string of the molecule is CCCCOc1cc(O[Si]CCCS)c(C(C)(C)C)c(OCCCC)c1C(C)(C)C. The zero-order chi connectivity index (χ0) is 22.8. The first-order chi connectivity index (χ1) is 14.1. The molecule has 1 rings (SSSR count). The Hall–Kier alpha value is -0.813. The molecule has 0 aliphatic carbocycles. The summed E-state index contributed by atoms with van der Waals surface area (Å²) in [7, 11) is 0.413. The molecular formula is C25H44O3SSi. The molecule has 0 atom stereocenters. The van der Waals surface area contributed by atoms with E-state index in [-0.39, 0.29) is 10.8 Å². The fourth-order valence-corrected chi connectivity index (χ4v) is 4.49. The van der Waals surface area contributed by atoms with Crippen molar-refractivity contribution in [1.29, 1.82) is 0 Å². The maximum Gasteiger partial charge on any atom is 0.310 e. The van der Waals surface area contributed by atoms with Gasteiger partial charge in [0.05, 0.1) is 13.2 Å². The van der Waals surface area contributed by atoms with Crippen LogP contribution in [0.15, 0.2) is 6.07 Å². The first-order valence-electron chi connectivity index (χ1n) is 11.6. The molecule has 0 unspecified atom stereocenters. The van der Waals surface area contributed by atoms with Gasteiger partial charge in [-0.1, -0.05) is 68.2 Å². The lowest BCUT2D eigenvalue weighted by atomic mass is 9.78. The molecule has 1 aromatic rings. The van der Waals surface area contributed by atoms with Gasteiger partial charge in [0.15, 0.2) is 0 Å². The molecule has 0 saturated heterocycles. The zero-order valence-electron chi connectivity index (χ0n) is 20.6. The Kier molecular flexibility index (Phi) is 11.7. The number of rotatable bonds is 13. The third kappa shape index (κ3) is 8.37. The highest BCUT2D eigenvalue weighted by Crippen LogP contribution is 2.49. The molecule has 3 nitrogen and oxygen atoms in total. The normalized spacial score (nSPS) is 12.2. The third-order valence-electron chi connectivity index (χ3n) is 4.83. The molecule has 0 aromatic heterocycles. The first kappa shape index (κ1) is 27.2. The van der Waals surface area contributed by atoms with Gasteiger partial charge in [-0.05, 0) is 41.9 Å². The van der Waals surface area contributed by atoms with Crippen LogP contribution in [-0.2, 0) is 10.8 Å².